The summed E-state index contributed by atoms with van der Waals surface area (Å²) in [5.74, 6) is 2.27. The largest absolute Gasteiger partial charge is 0.378 e. The number of carbonyl (C=O) groups excluding carboxylic acids is 2. The highest BCUT2D eigenvalue weighted by atomic mass is 35.5. The Bertz CT molecular complexity index is 2520. The lowest BCUT2D eigenvalue weighted by Gasteiger charge is -2.23. The number of nitrogens with one attached hydrogen (secondary N) is 3. The second-order valence-corrected chi connectivity index (χ2v) is 16.1. The molecule has 3 heterocycles. The zero-order valence-corrected chi connectivity index (χ0v) is 31.8. The normalized spacial score (nSPS) is 14.6. The number of benzene rings is 3. The Balaban J connectivity index is 1.53. The van der Waals surface area contributed by atoms with Crippen LogP contribution in [0.2, 0.25) is 5.02 Å². The maximum absolute atomic E-state index is 14.6. The molecule has 0 fully saturated rings. The summed E-state index contributed by atoms with van der Waals surface area (Å²) in [6.07, 6.45) is 0.606. The predicted octanol–water partition coefficient (Wildman–Crippen LogP) is 6.20. The van der Waals surface area contributed by atoms with Crippen LogP contribution in [0, 0.1) is 37.3 Å². The molecule has 280 valence electrons. The van der Waals surface area contributed by atoms with Gasteiger partial charge in [-0.3, -0.25) is 19.0 Å². The van der Waals surface area contributed by atoms with Crippen LogP contribution < -0.4 is 15.4 Å². The molecule has 1 unspecified atom stereocenters. The van der Waals surface area contributed by atoms with Crippen LogP contribution in [0.15, 0.2) is 54.6 Å². The Labute approximate surface area is 316 Å². The highest BCUT2D eigenvalue weighted by molar-refractivity contribution is 7.92. The molecular weight excluding hydrogens is 738 g/mol. The molecule has 6 rings (SSSR count). The number of fused-ring (bicyclic) bond motifs is 2. The third kappa shape index (κ3) is 8.23. The lowest BCUT2D eigenvalue weighted by atomic mass is 9.90. The van der Waals surface area contributed by atoms with Crippen molar-refractivity contribution < 1.29 is 31.9 Å². The molecule has 2 atom stereocenters. The molecular formula is C39H37ClF2N6O5S. The van der Waals surface area contributed by atoms with Gasteiger partial charge in [-0.15, -0.1) is 0 Å². The van der Waals surface area contributed by atoms with E-state index in [9.17, 15) is 31.9 Å². The van der Waals surface area contributed by atoms with E-state index in [2.05, 4.69) is 32.3 Å². The summed E-state index contributed by atoms with van der Waals surface area (Å²) in [5.41, 5.74) is 3.68. The number of amides is 2. The molecule has 0 saturated heterocycles. The van der Waals surface area contributed by atoms with Crippen LogP contribution in [-0.4, -0.2) is 52.0 Å². The van der Waals surface area contributed by atoms with Crippen molar-refractivity contribution >= 4 is 55.8 Å². The average Bonchev–Trinajstić information content (AvgIpc) is 3.56. The second kappa shape index (κ2) is 14.5. The smallest absolute Gasteiger partial charge is 0.232 e. The van der Waals surface area contributed by atoms with Gasteiger partial charge in [0.25, 0.3) is 0 Å². The minimum absolute atomic E-state index is 0.00948. The van der Waals surface area contributed by atoms with Gasteiger partial charge in [0.05, 0.1) is 39.8 Å². The van der Waals surface area contributed by atoms with E-state index in [-0.39, 0.29) is 46.5 Å². The first-order chi connectivity index (χ1) is 25.3. The Morgan fingerprint density at radius 3 is 2.41 bits per heavy atom. The highest BCUT2D eigenvalue weighted by Gasteiger charge is 2.35. The van der Waals surface area contributed by atoms with Crippen molar-refractivity contribution in [2.24, 2.45) is 7.05 Å². The number of nitrogens with zero attached hydrogens (tertiary/aromatic N) is 3. The summed E-state index contributed by atoms with van der Waals surface area (Å²) in [5, 5.41) is 21.1. The van der Waals surface area contributed by atoms with Gasteiger partial charge >= 0.3 is 0 Å². The third-order valence-corrected chi connectivity index (χ3v) is 9.81. The number of rotatable bonds is 9. The van der Waals surface area contributed by atoms with Gasteiger partial charge in [-0.2, -0.15) is 5.10 Å². The molecule has 4 N–H and O–H groups in total. The standard InChI is InChI=1S/C39H37ClF2N6O5S/c1-20-7-8-21(2)34-32(20)28(38(50)45-34)19-31(49)44-30(17-22-15-23(41)18-24(42)16-22)35-26(10-9-25(43-35)13-14-39(3,4)51)27-11-12-29(40)33-36(27)48(5)46-37(33)47-54(6,52)53/h7-12,15-16,18,28,30,51H,17,19H2,1-6H3,(H,44,49)(H,45,50)(H,46,47)/t28?,30-/m0/s1. The van der Waals surface area contributed by atoms with Crippen molar-refractivity contribution in [1.29, 1.82) is 0 Å². The van der Waals surface area contributed by atoms with Crippen molar-refractivity contribution in [2.75, 3.05) is 16.3 Å². The molecule has 15 heteroatoms. The number of aryl methyl sites for hydroxylation is 3. The van der Waals surface area contributed by atoms with Gasteiger partial charge in [-0.05, 0) is 92.6 Å². The lowest BCUT2D eigenvalue weighted by Crippen LogP contribution is -2.33. The van der Waals surface area contributed by atoms with Crippen LogP contribution in [0.3, 0.4) is 0 Å². The molecule has 0 radical (unpaired) electrons. The fourth-order valence-corrected chi connectivity index (χ4v) is 7.44. The molecule has 0 aliphatic carbocycles. The zero-order valence-electron chi connectivity index (χ0n) is 30.2. The Hall–Kier alpha value is -5.36. The molecule has 2 amide bonds. The molecule has 11 nitrogen and oxygen atoms in total. The molecule has 0 bridgehead atoms. The Kier molecular flexibility index (Phi) is 10.3. The zero-order chi connectivity index (χ0) is 39.3. The van der Waals surface area contributed by atoms with E-state index in [0.717, 1.165) is 41.1 Å². The Morgan fingerprint density at radius 1 is 1.07 bits per heavy atom. The van der Waals surface area contributed by atoms with Crippen LogP contribution in [-0.2, 0) is 33.1 Å². The first-order valence-electron chi connectivity index (χ1n) is 16.8. The van der Waals surface area contributed by atoms with Crippen LogP contribution in [0.5, 0.6) is 0 Å². The predicted molar refractivity (Wildman–Crippen MR) is 203 cm³/mol. The van der Waals surface area contributed by atoms with Gasteiger partial charge < -0.3 is 15.7 Å². The molecule has 2 aromatic heterocycles. The maximum atomic E-state index is 14.6. The van der Waals surface area contributed by atoms with Crippen molar-refractivity contribution in [3.8, 4) is 23.0 Å². The lowest BCUT2D eigenvalue weighted by molar-refractivity contribution is -0.125. The van der Waals surface area contributed by atoms with Gasteiger partial charge in [0.1, 0.15) is 22.9 Å². The molecule has 1 aliphatic heterocycles. The fraction of sp³-hybridized carbons (Fsp3) is 0.282. The van der Waals surface area contributed by atoms with Gasteiger partial charge in [0.2, 0.25) is 21.8 Å². The highest BCUT2D eigenvalue weighted by Crippen LogP contribution is 2.41. The maximum Gasteiger partial charge on any atom is 0.232 e. The van der Waals surface area contributed by atoms with E-state index in [1.54, 1.807) is 31.3 Å². The number of hydrogen-bond donors (Lipinski definition) is 4. The minimum Gasteiger partial charge on any atom is -0.378 e. The van der Waals surface area contributed by atoms with Gasteiger partial charge in [0, 0.05) is 36.3 Å². The van der Waals surface area contributed by atoms with Gasteiger partial charge in [-0.25, -0.2) is 22.2 Å². The summed E-state index contributed by atoms with van der Waals surface area (Å²) in [7, 11) is -2.15. The number of sulfonamides is 1. The number of pyridine rings is 1. The second-order valence-electron chi connectivity index (χ2n) is 13.9. The summed E-state index contributed by atoms with van der Waals surface area (Å²) in [6, 6.07) is 12.3. The number of aromatic nitrogens is 3. The van der Waals surface area contributed by atoms with E-state index >= 15 is 0 Å². The summed E-state index contributed by atoms with van der Waals surface area (Å²) in [4.78, 5) is 32.1. The summed E-state index contributed by atoms with van der Waals surface area (Å²) in [6.45, 7) is 6.74. The number of carbonyl (C=O) groups is 2. The van der Waals surface area contributed by atoms with Crippen molar-refractivity contribution in [1.82, 2.24) is 20.1 Å². The van der Waals surface area contributed by atoms with Crippen LogP contribution in [0.4, 0.5) is 20.3 Å². The quantitative estimate of drug-likeness (QED) is 0.130. The number of hydrogen-bond acceptors (Lipinski definition) is 7. The first kappa shape index (κ1) is 38.4. The monoisotopic (exact) mass is 774 g/mol. The van der Waals surface area contributed by atoms with Crippen molar-refractivity contribution in [3.05, 3.63) is 105 Å². The number of aliphatic hydroxyl groups is 1. The van der Waals surface area contributed by atoms with E-state index in [1.165, 1.54) is 18.5 Å². The van der Waals surface area contributed by atoms with Crippen LogP contribution in [0.25, 0.3) is 22.0 Å². The van der Waals surface area contributed by atoms with E-state index in [1.807, 2.05) is 26.0 Å². The number of halogens is 3. The molecule has 5 aromatic rings. The molecule has 1 aliphatic rings. The van der Waals surface area contributed by atoms with Gasteiger partial charge in [0.15, 0.2) is 5.82 Å². The molecule has 0 saturated carbocycles. The van der Waals surface area contributed by atoms with Gasteiger partial charge in [-0.1, -0.05) is 35.7 Å². The van der Waals surface area contributed by atoms with Crippen molar-refractivity contribution in [2.45, 2.75) is 58.1 Å². The summed E-state index contributed by atoms with van der Waals surface area (Å²) < 4.78 is 57.5. The fourth-order valence-electron chi connectivity index (χ4n) is 6.70. The van der Waals surface area contributed by atoms with E-state index in [4.69, 9.17) is 16.6 Å². The Morgan fingerprint density at radius 2 is 1.74 bits per heavy atom. The first-order valence-corrected chi connectivity index (χ1v) is 19.1. The van der Waals surface area contributed by atoms with Crippen molar-refractivity contribution in [3.63, 3.8) is 0 Å². The van der Waals surface area contributed by atoms with E-state index < -0.39 is 45.1 Å². The average molecular weight is 775 g/mol. The summed E-state index contributed by atoms with van der Waals surface area (Å²) >= 11 is 6.62. The van der Waals surface area contributed by atoms with Crippen LogP contribution >= 0.6 is 11.6 Å². The number of anilines is 2. The van der Waals surface area contributed by atoms with E-state index in [0.29, 0.717) is 27.7 Å². The topological polar surface area (TPSA) is 155 Å². The van der Waals surface area contributed by atoms with Crippen LogP contribution in [0.1, 0.15) is 65.9 Å². The minimum atomic E-state index is -3.76. The molecule has 0 spiro atoms. The molecule has 3 aromatic carbocycles. The third-order valence-electron chi connectivity index (χ3n) is 8.93. The molecule has 54 heavy (non-hydrogen) atoms. The SMILES string of the molecule is Cc1ccc(C)c2c1NC(=O)C2CC(=O)N[C@@H](Cc1cc(F)cc(F)c1)c1nc(C#CC(C)(C)O)ccc1-c1ccc(Cl)c2c(NS(C)(=O)=O)nn(C)c12.